The van der Waals surface area contributed by atoms with Crippen LogP contribution in [0.4, 0.5) is 0 Å². The lowest BCUT2D eigenvalue weighted by Gasteiger charge is -2.36. The summed E-state index contributed by atoms with van der Waals surface area (Å²) in [5.74, 6) is 1.16. The molecule has 1 aliphatic heterocycles. The van der Waals surface area contributed by atoms with Crippen LogP contribution in [0.3, 0.4) is 0 Å². The van der Waals surface area contributed by atoms with Crippen LogP contribution in [0.1, 0.15) is 51.7 Å². The predicted molar refractivity (Wildman–Crippen MR) is 124 cm³/mol. The van der Waals surface area contributed by atoms with Gasteiger partial charge in [0.1, 0.15) is 5.82 Å². The average Bonchev–Trinajstić information content (AvgIpc) is 3.28. The number of rotatable bonds is 6. The molecule has 0 fully saturated rings. The molecule has 2 heterocycles. The SMILES string of the molecule is CC(C)N(C(=O)CCC1(c2ccc(Br)cc2)c2ccccc2-c2nccn21)C(C)C. The largest absolute Gasteiger partial charge is 0.338 e. The summed E-state index contributed by atoms with van der Waals surface area (Å²) in [7, 11) is 0. The van der Waals surface area contributed by atoms with Crippen LogP contribution in [0, 0.1) is 0 Å². The molecule has 0 saturated heterocycles. The molecule has 1 aliphatic rings. The van der Waals surface area contributed by atoms with E-state index in [0.717, 1.165) is 15.9 Å². The number of hydrogen-bond acceptors (Lipinski definition) is 2. The highest BCUT2D eigenvalue weighted by Gasteiger charge is 2.45. The Hall–Kier alpha value is -2.40. The minimum atomic E-state index is -0.446. The van der Waals surface area contributed by atoms with Crippen molar-refractivity contribution in [1.29, 1.82) is 0 Å². The molecule has 4 nitrogen and oxygen atoms in total. The van der Waals surface area contributed by atoms with Crippen LogP contribution in [-0.2, 0) is 10.3 Å². The van der Waals surface area contributed by atoms with Crippen molar-refractivity contribution in [2.75, 3.05) is 0 Å². The van der Waals surface area contributed by atoms with Gasteiger partial charge >= 0.3 is 0 Å². The highest BCUT2D eigenvalue weighted by Crippen LogP contribution is 2.49. The number of amides is 1. The van der Waals surface area contributed by atoms with Crippen molar-refractivity contribution in [3.05, 3.63) is 76.5 Å². The maximum Gasteiger partial charge on any atom is 0.223 e. The first-order valence-corrected chi connectivity index (χ1v) is 11.4. The second-order valence-corrected chi connectivity index (χ2v) is 9.44. The molecule has 156 valence electrons. The number of benzene rings is 2. The second-order valence-electron chi connectivity index (χ2n) is 8.52. The van der Waals surface area contributed by atoms with Crippen LogP contribution in [-0.4, -0.2) is 32.4 Å². The fourth-order valence-electron chi connectivity index (χ4n) is 4.99. The zero-order valence-electron chi connectivity index (χ0n) is 18.0. The Kier molecular flexibility index (Phi) is 5.58. The summed E-state index contributed by atoms with van der Waals surface area (Å²) < 4.78 is 3.30. The molecule has 0 aliphatic carbocycles. The van der Waals surface area contributed by atoms with E-state index in [4.69, 9.17) is 0 Å². The molecular weight excluding hydrogens is 438 g/mol. The summed E-state index contributed by atoms with van der Waals surface area (Å²) in [4.78, 5) is 19.9. The lowest BCUT2D eigenvalue weighted by molar-refractivity contribution is -0.135. The molecule has 4 rings (SSSR count). The first-order valence-electron chi connectivity index (χ1n) is 10.6. The molecule has 1 unspecified atom stereocenters. The van der Waals surface area contributed by atoms with Crippen LogP contribution in [0.5, 0.6) is 0 Å². The van der Waals surface area contributed by atoms with Gasteiger partial charge in [0, 0.05) is 40.9 Å². The zero-order valence-corrected chi connectivity index (χ0v) is 19.6. The van der Waals surface area contributed by atoms with Crippen molar-refractivity contribution in [1.82, 2.24) is 14.5 Å². The van der Waals surface area contributed by atoms with Gasteiger partial charge in [-0.25, -0.2) is 4.98 Å². The van der Waals surface area contributed by atoms with Crippen LogP contribution in [0.2, 0.25) is 0 Å². The van der Waals surface area contributed by atoms with Crippen molar-refractivity contribution in [3.63, 3.8) is 0 Å². The quantitative estimate of drug-likeness (QED) is 0.458. The van der Waals surface area contributed by atoms with Gasteiger partial charge in [0.2, 0.25) is 5.91 Å². The van der Waals surface area contributed by atoms with Crippen LogP contribution >= 0.6 is 15.9 Å². The van der Waals surface area contributed by atoms with Crippen LogP contribution in [0.25, 0.3) is 11.4 Å². The number of hydrogen-bond donors (Lipinski definition) is 0. The third-order valence-electron chi connectivity index (χ3n) is 6.09. The van der Waals surface area contributed by atoms with Gasteiger partial charge in [0.05, 0.1) is 5.54 Å². The highest BCUT2D eigenvalue weighted by atomic mass is 79.9. The average molecular weight is 466 g/mol. The Morgan fingerprint density at radius 3 is 2.40 bits per heavy atom. The first-order chi connectivity index (χ1) is 14.4. The maximum atomic E-state index is 13.3. The van der Waals surface area contributed by atoms with Crippen molar-refractivity contribution >= 4 is 21.8 Å². The minimum Gasteiger partial charge on any atom is -0.338 e. The van der Waals surface area contributed by atoms with Gasteiger partial charge in [0.15, 0.2) is 0 Å². The van der Waals surface area contributed by atoms with Crippen LogP contribution < -0.4 is 0 Å². The van der Waals surface area contributed by atoms with Crippen molar-refractivity contribution in [2.24, 2.45) is 0 Å². The van der Waals surface area contributed by atoms with E-state index in [9.17, 15) is 4.79 Å². The third-order valence-corrected chi connectivity index (χ3v) is 6.62. The normalized spacial score (nSPS) is 17.3. The van der Waals surface area contributed by atoms with Gasteiger partial charge in [0.25, 0.3) is 0 Å². The molecule has 0 radical (unpaired) electrons. The van der Waals surface area contributed by atoms with Crippen LogP contribution in [0.15, 0.2) is 65.4 Å². The van der Waals surface area contributed by atoms with Gasteiger partial charge in [-0.05, 0) is 57.4 Å². The summed E-state index contributed by atoms with van der Waals surface area (Å²) in [5.41, 5.74) is 3.08. The molecule has 5 heteroatoms. The second kappa shape index (κ2) is 8.03. The summed E-state index contributed by atoms with van der Waals surface area (Å²) in [5, 5.41) is 0. The van der Waals surface area contributed by atoms with E-state index in [1.807, 2.05) is 17.3 Å². The number of halogens is 1. The molecule has 0 bridgehead atoms. The Morgan fingerprint density at radius 1 is 1.07 bits per heavy atom. The van der Waals surface area contributed by atoms with E-state index in [-0.39, 0.29) is 18.0 Å². The van der Waals surface area contributed by atoms with E-state index in [1.54, 1.807) is 0 Å². The smallest absolute Gasteiger partial charge is 0.223 e. The summed E-state index contributed by atoms with van der Waals surface area (Å²) >= 11 is 3.56. The molecule has 1 amide bonds. The Balaban J connectivity index is 1.82. The van der Waals surface area contributed by atoms with Gasteiger partial charge in [-0.3, -0.25) is 4.79 Å². The molecule has 0 spiro atoms. The number of carbonyl (C=O) groups excluding carboxylic acids is 1. The molecular formula is C25H28BrN3O. The molecule has 1 aromatic heterocycles. The molecule has 0 N–H and O–H groups in total. The van der Waals surface area contributed by atoms with Gasteiger partial charge in [-0.2, -0.15) is 0 Å². The lowest BCUT2D eigenvalue weighted by Crippen LogP contribution is -2.43. The molecule has 3 aromatic rings. The van der Waals surface area contributed by atoms with E-state index in [0.29, 0.717) is 12.8 Å². The summed E-state index contributed by atoms with van der Waals surface area (Å²) in [6, 6.07) is 17.3. The predicted octanol–water partition coefficient (Wildman–Crippen LogP) is 5.84. The van der Waals surface area contributed by atoms with E-state index >= 15 is 0 Å². The number of carbonyl (C=O) groups is 1. The monoisotopic (exact) mass is 465 g/mol. The van der Waals surface area contributed by atoms with Gasteiger partial charge < -0.3 is 9.47 Å². The third kappa shape index (κ3) is 3.29. The zero-order chi connectivity index (χ0) is 21.5. The fourth-order valence-corrected chi connectivity index (χ4v) is 5.25. The van der Waals surface area contributed by atoms with E-state index < -0.39 is 5.54 Å². The van der Waals surface area contributed by atoms with E-state index in [1.165, 1.54) is 11.1 Å². The van der Waals surface area contributed by atoms with Crippen molar-refractivity contribution in [2.45, 2.75) is 58.2 Å². The number of fused-ring (bicyclic) bond motifs is 3. The van der Waals surface area contributed by atoms with E-state index in [2.05, 4.69) is 102 Å². The van der Waals surface area contributed by atoms with Crippen molar-refractivity contribution < 1.29 is 4.79 Å². The standard InChI is InChI=1S/C25H28BrN3O/c1-17(2)29(18(3)4)23(30)13-14-25(19-9-11-20(26)12-10-19)22-8-6-5-7-21(22)24-27-15-16-28(24)25/h5-12,15-18H,13-14H2,1-4H3. The molecule has 1 atom stereocenters. The molecule has 30 heavy (non-hydrogen) atoms. The lowest BCUT2D eigenvalue weighted by atomic mass is 9.79. The molecule has 0 saturated carbocycles. The molecule has 2 aromatic carbocycles. The van der Waals surface area contributed by atoms with Gasteiger partial charge in [-0.15, -0.1) is 0 Å². The fraction of sp³-hybridized carbons (Fsp3) is 0.360. The minimum absolute atomic E-state index is 0.181. The summed E-state index contributed by atoms with van der Waals surface area (Å²) in [6.45, 7) is 8.34. The maximum absolute atomic E-state index is 13.3. The topological polar surface area (TPSA) is 38.1 Å². The van der Waals surface area contributed by atoms with Gasteiger partial charge in [-0.1, -0.05) is 52.3 Å². The Labute approximate surface area is 187 Å². The number of nitrogens with zero attached hydrogens (tertiary/aromatic N) is 3. The Morgan fingerprint density at radius 2 is 1.73 bits per heavy atom. The number of imidazole rings is 1. The Bertz CT molecular complexity index is 1050. The summed E-state index contributed by atoms with van der Waals surface area (Å²) in [6.07, 6.45) is 5.06. The first kappa shape index (κ1) is 20.9. The van der Waals surface area contributed by atoms with Crippen molar-refractivity contribution in [3.8, 4) is 11.4 Å². The number of aromatic nitrogens is 2. The highest BCUT2D eigenvalue weighted by molar-refractivity contribution is 9.10.